The van der Waals surface area contributed by atoms with Crippen molar-refractivity contribution in [3.05, 3.63) is 87.1 Å². The van der Waals surface area contributed by atoms with E-state index in [9.17, 15) is 14.4 Å². The number of ether oxygens (including phenoxy) is 1. The summed E-state index contributed by atoms with van der Waals surface area (Å²) < 4.78 is 7.00. The molecule has 0 fully saturated rings. The highest BCUT2D eigenvalue weighted by Crippen LogP contribution is 2.14. The Kier molecular flexibility index (Phi) is 4.70. The lowest BCUT2D eigenvalue weighted by Gasteiger charge is -2.16. The number of hydrogen-bond acceptors (Lipinski definition) is 5. The third-order valence-electron chi connectivity index (χ3n) is 3.80. The van der Waals surface area contributed by atoms with E-state index in [1.54, 1.807) is 67.6 Å². The van der Waals surface area contributed by atoms with Crippen molar-refractivity contribution < 1.29 is 9.53 Å². The number of aromatic nitrogens is 2. The second kappa shape index (κ2) is 7.10. The molecular weight excluding hydrogens is 334 g/mol. The molecule has 3 aromatic rings. The lowest BCUT2D eigenvalue weighted by molar-refractivity contribution is 0.0524. The first kappa shape index (κ1) is 17.2. The van der Waals surface area contributed by atoms with Crippen LogP contribution in [0.15, 0.2) is 70.3 Å². The van der Waals surface area contributed by atoms with E-state index in [-0.39, 0.29) is 18.0 Å². The third kappa shape index (κ3) is 2.90. The van der Waals surface area contributed by atoms with Gasteiger partial charge in [0.15, 0.2) is 5.56 Å². The summed E-state index contributed by atoms with van der Waals surface area (Å²) in [4.78, 5) is 38.3. The molecule has 0 unspecified atom stereocenters. The number of benzene rings is 2. The number of hydrogen-bond donors (Lipinski definition) is 1. The van der Waals surface area contributed by atoms with Gasteiger partial charge in [-0.05, 0) is 31.2 Å². The van der Waals surface area contributed by atoms with Gasteiger partial charge in [0.05, 0.1) is 18.0 Å². The van der Waals surface area contributed by atoms with E-state index in [2.05, 4.69) is 0 Å². The molecule has 7 heteroatoms. The number of carbonyl (C=O) groups is 1. The summed E-state index contributed by atoms with van der Waals surface area (Å²) in [7, 11) is 0. The second-order valence-corrected chi connectivity index (χ2v) is 5.41. The van der Waals surface area contributed by atoms with E-state index in [4.69, 9.17) is 10.5 Å². The maximum Gasteiger partial charge on any atom is 0.347 e. The maximum atomic E-state index is 13.0. The summed E-state index contributed by atoms with van der Waals surface area (Å²) in [5, 5.41) is 0. The molecule has 132 valence electrons. The summed E-state index contributed by atoms with van der Waals surface area (Å²) >= 11 is 0. The van der Waals surface area contributed by atoms with Crippen molar-refractivity contribution in [3.63, 3.8) is 0 Å². The van der Waals surface area contributed by atoms with Gasteiger partial charge in [0.2, 0.25) is 0 Å². The number of nitrogens with zero attached hydrogens (tertiary/aromatic N) is 2. The molecule has 0 bridgehead atoms. The van der Waals surface area contributed by atoms with Gasteiger partial charge in [-0.2, -0.15) is 0 Å². The standard InChI is InChI=1S/C19H17N3O4/c1-2-26-18(24)15-16(20)21(13-9-5-3-6-10-13)19(25)22(17(15)23)14-11-7-4-8-12-14/h3-12H,2,20H2,1H3. The molecular formula is C19H17N3O4. The zero-order chi connectivity index (χ0) is 18.7. The molecule has 7 nitrogen and oxygen atoms in total. The highest BCUT2D eigenvalue weighted by molar-refractivity contribution is 5.94. The second-order valence-electron chi connectivity index (χ2n) is 5.41. The van der Waals surface area contributed by atoms with Crippen molar-refractivity contribution in [2.45, 2.75) is 6.92 Å². The van der Waals surface area contributed by atoms with Crippen LogP contribution in [0.2, 0.25) is 0 Å². The molecule has 1 aromatic heterocycles. The van der Waals surface area contributed by atoms with Crippen molar-refractivity contribution in [2.75, 3.05) is 12.3 Å². The molecule has 0 atom stereocenters. The van der Waals surface area contributed by atoms with Gasteiger partial charge in [0.25, 0.3) is 5.56 Å². The molecule has 2 N–H and O–H groups in total. The van der Waals surface area contributed by atoms with Crippen LogP contribution in [0.25, 0.3) is 11.4 Å². The average molecular weight is 351 g/mol. The van der Waals surface area contributed by atoms with Crippen molar-refractivity contribution in [1.29, 1.82) is 0 Å². The monoisotopic (exact) mass is 351 g/mol. The Morgan fingerprint density at radius 3 is 1.92 bits per heavy atom. The average Bonchev–Trinajstić information content (AvgIpc) is 2.63. The third-order valence-corrected chi connectivity index (χ3v) is 3.80. The van der Waals surface area contributed by atoms with Gasteiger partial charge in [-0.25, -0.2) is 18.7 Å². The fourth-order valence-electron chi connectivity index (χ4n) is 2.65. The Balaban J connectivity index is 2.43. The Morgan fingerprint density at radius 2 is 1.42 bits per heavy atom. The minimum atomic E-state index is -0.871. The van der Waals surface area contributed by atoms with E-state index in [0.29, 0.717) is 11.4 Å². The Bertz CT molecular complexity index is 1050. The number of anilines is 1. The van der Waals surface area contributed by atoms with E-state index < -0.39 is 17.2 Å². The van der Waals surface area contributed by atoms with Gasteiger partial charge in [0, 0.05) is 0 Å². The van der Waals surface area contributed by atoms with Crippen LogP contribution < -0.4 is 17.0 Å². The largest absolute Gasteiger partial charge is 0.462 e. The van der Waals surface area contributed by atoms with E-state index in [1.807, 2.05) is 0 Å². The Labute approximate surface area is 148 Å². The SMILES string of the molecule is CCOC(=O)c1c(N)n(-c2ccccc2)c(=O)n(-c2ccccc2)c1=O. The van der Waals surface area contributed by atoms with Gasteiger partial charge in [0.1, 0.15) is 5.82 Å². The molecule has 0 aliphatic carbocycles. The smallest absolute Gasteiger partial charge is 0.347 e. The van der Waals surface area contributed by atoms with Gasteiger partial charge in [-0.15, -0.1) is 0 Å². The molecule has 26 heavy (non-hydrogen) atoms. The van der Waals surface area contributed by atoms with Crippen LogP contribution in [-0.4, -0.2) is 21.7 Å². The topological polar surface area (TPSA) is 96.3 Å². The van der Waals surface area contributed by atoms with Crippen LogP contribution in [0.4, 0.5) is 5.82 Å². The summed E-state index contributed by atoms with van der Waals surface area (Å²) in [6.07, 6.45) is 0. The van der Waals surface area contributed by atoms with E-state index >= 15 is 0 Å². The van der Waals surface area contributed by atoms with Crippen molar-refractivity contribution in [1.82, 2.24) is 9.13 Å². The number of para-hydroxylation sites is 2. The predicted molar refractivity (Wildman–Crippen MR) is 98.0 cm³/mol. The minimum absolute atomic E-state index is 0.0769. The normalized spacial score (nSPS) is 10.5. The van der Waals surface area contributed by atoms with Crippen LogP contribution in [0.5, 0.6) is 0 Å². The molecule has 0 saturated carbocycles. The van der Waals surface area contributed by atoms with Crippen molar-refractivity contribution >= 4 is 11.8 Å². The first-order valence-electron chi connectivity index (χ1n) is 8.01. The van der Waals surface area contributed by atoms with Crippen LogP contribution in [0.1, 0.15) is 17.3 Å². The summed E-state index contributed by atoms with van der Waals surface area (Å²) in [5.41, 5.74) is 4.95. The summed E-state index contributed by atoms with van der Waals surface area (Å²) in [6, 6.07) is 16.9. The highest BCUT2D eigenvalue weighted by Gasteiger charge is 2.25. The predicted octanol–water partition coefficient (Wildman–Crippen LogP) is 1.75. The minimum Gasteiger partial charge on any atom is -0.462 e. The molecule has 0 spiro atoms. The summed E-state index contributed by atoms with van der Waals surface area (Å²) in [5.74, 6) is -1.12. The van der Waals surface area contributed by atoms with Gasteiger partial charge < -0.3 is 10.5 Å². The van der Waals surface area contributed by atoms with E-state index in [0.717, 1.165) is 9.13 Å². The van der Waals surface area contributed by atoms with Gasteiger partial charge >= 0.3 is 11.7 Å². The number of nitrogens with two attached hydrogens (primary N) is 1. The van der Waals surface area contributed by atoms with Crippen molar-refractivity contribution in [3.8, 4) is 11.4 Å². The lowest BCUT2D eigenvalue weighted by Crippen LogP contribution is -2.43. The number of nitrogen functional groups attached to an aromatic ring is 1. The number of carbonyl (C=O) groups excluding carboxylic acids is 1. The first-order chi connectivity index (χ1) is 12.6. The molecule has 0 aliphatic heterocycles. The number of esters is 1. The highest BCUT2D eigenvalue weighted by atomic mass is 16.5. The quantitative estimate of drug-likeness (QED) is 0.722. The van der Waals surface area contributed by atoms with Gasteiger partial charge in [-0.3, -0.25) is 4.79 Å². The molecule has 0 saturated heterocycles. The van der Waals surface area contributed by atoms with Crippen LogP contribution in [-0.2, 0) is 4.74 Å². The molecule has 2 aromatic carbocycles. The molecule has 0 amide bonds. The van der Waals surface area contributed by atoms with Crippen LogP contribution in [0, 0.1) is 0 Å². The Morgan fingerprint density at radius 1 is 0.923 bits per heavy atom. The maximum absolute atomic E-state index is 13.0. The van der Waals surface area contributed by atoms with Crippen LogP contribution in [0.3, 0.4) is 0 Å². The molecule has 0 aliphatic rings. The van der Waals surface area contributed by atoms with Crippen molar-refractivity contribution in [2.24, 2.45) is 0 Å². The zero-order valence-corrected chi connectivity index (χ0v) is 14.1. The zero-order valence-electron chi connectivity index (χ0n) is 14.1. The number of rotatable bonds is 4. The van der Waals surface area contributed by atoms with Gasteiger partial charge in [-0.1, -0.05) is 36.4 Å². The fourth-order valence-corrected chi connectivity index (χ4v) is 2.65. The first-order valence-corrected chi connectivity index (χ1v) is 8.01. The Hall–Kier alpha value is -3.61. The molecule has 3 rings (SSSR count). The van der Waals surface area contributed by atoms with E-state index in [1.165, 1.54) is 0 Å². The molecule has 0 radical (unpaired) electrons. The molecule has 1 heterocycles. The fraction of sp³-hybridized carbons (Fsp3) is 0.105. The van der Waals surface area contributed by atoms with Crippen LogP contribution >= 0.6 is 0 Å². The summed E-state index contributed by atoms with van der Waals surface area (Å²) in [6.45, 7) is 1.70. The lowest BCUT2D eigenvalue weighted by atomic mass is 10.2.